The van der Waals surface area contributed by atoms with Gasteiger partial charge in [-0.25, -0.2) is 0 Å². The van der Waals surface area contributed by atoms with Crippen molar-refractivity contribution in [2.75, 3.05) is 33.2 Å². The van der Waals surface area contributed by atoms with Gasteiger partial charge in [-0.1, -0.05) is 18.1 Å². The first-order chi connectivity index (χ1) is 14.0. The zero-order valence-electron chi connectivity index (χ0n) is 16.4. The van der Waals surface area contributed by atoms with Crippen LogP contribution >= 0.6 is 0 Å². The Morgan fingerprint density at radius 3 is 2.34 bits per heavy atom. The van der Waals surface area contributed by atoms with Gasteiger partial charge in [-0.05, 0) is 24.3 Å². The topological polar surface area (TPSA) is 85.9 Å². The number of carbonyl (C=O) groups excluding carboxylic acids is 2. The number of ether oxygens (including phenoxy) is 3. The van der Waals surface area contributed by atoms with Crippen LogP contribution in [-0.4, -0.2) is 39.7 Å². The molecule has 0 aliphatic rings. The highest BCUT2D eigenvalue weighted by Crippen LogP contribution is 2.35. The predicted octanol–water partition coefficient (Wildman–Crippen LogP) is 2.73. The highest BCUT2D eigenvalue weighted by Gasteiger charge is 2.13. The molecule has 7 heteroatoms. The summed E-state index contributed by atoms with van der Waals surface area (Å²) in [6, 6.07) is 10.0. The van der Waals surface area contributed by atoms with E-state index in [1.165, 1.54) is 27.4 Å². The summed E-state index contributed by atoms with van der Waals surface area (Å²) in [7, 11) is 4.56. The van der Waals surface area contributed by atoms with Crippen molar-refractivity contribution < 1.29 is 23.8 Å². The molecule has 0 aliphatic carbocycles. The molecule has 2 aromatic carbocycles. The first kappa shape index (κ1) is 21.4. The van der Waals surface area contributed by atoms with E-state index in [0.29, 0.717) is 34.1 Å². The fourth-order valence-corrected chi connectivity index (χ4v) is 2.54. The van der Waals surface area contributed by atoms with E-state index in [4.69, 9.17) is 20.6 Å². The standard InChI is InChI=1S/C22H22N2O5/c1-5-12-23-22(26)16-8-6-7-9-17(16)24-21(25)11-10-15-13-19(28-3)20(29-4)14-18(15)27-2/h1,6-11,13-14H,12H2,2-4H3,(H,23,26)(H,24,25)/b11-10+. The number of rotatable bonds is 8. The van der Waals surface area contributed by atoms with Crippen LogP contribution in [0.2, 0.25) is 0 Å². The number of anilines is 1. The quantitative estimate of drug-likeness (QED) is 0.531. The largest absolute Gasteiger partial charge is 0.496 e. The van der Waals surface area contributed by atoms with Crippen LogP contribution in [0.3, 0.4) is 0 Å². The van der Waals surface area contributed by atoms with Crippen LogP contribution in [0.1, 0.15) is 15.9 Å². The summed E-state index contributed by atoms with van der Waals surface area (Å²) in [4.78, 5) is 24.6. The number of hydrogen-bond donors (Lipinski definition) is 2. The summed E-state index contributed by atoms with van der Waals surface area (Å²) < 4.78 is 15.9. The molecule has 0 saturated heterocycles. The molecule has 0 saturated carbocycles. The van der Waals surface area contributed by atoms with Crippen LogP contribution < -0.4 is 24.8 Å². The first-order valence-electron chi connectivity index (χ1n) is 8.63. The third-order valence-electron chi connectivity index (χ3n) is 3.93. The van der Waals surface area contributed by atoms with Crippen molar-refractivity contribution in [2.24, 2.45) is 0 Å². The Morgan fingerprint density at radius 2 is 1.69 bits per heavy atom. The Labute approximate surface area is 169 Å². The number of para-hydroxylation sites is 1. The molecule has 7 nitrogen and oxygen atoms in total. The van der Waals surface area contributed by atoms with Crippen LogP contribution in [0.25, 0.3) is 6.08 Å². The molecule has 0 bridgehead atoms. The van der Waals surface area contributed by atoms with E-state index in [1.54, 1.807) is 42.5 Å². The van der Waals surface area contributed by atoms with Crippen molar-refractivity contribution in [3.63, 3.8) is 0 Å². The smallest absolute Gasteiger partial charge is 0.254 e. The first-order valence-corrected chi connectivity index (χ1v) is 8.63. The number of benzene rings is 2. The lowest BCUT2D eigenvalue weighted by molar-refractivity contribution is -0.111. The highest BCUT2D eigenvalue weighted by atomic mass is 16.5. The van der Waals surface area contributed by atoms with Crippen LogP contribution in [0, 0.1) is 12.3 Å². The molecule has 2 aromatic rings. The molecule has 2 N–H and O–H groups in total. The van der Waals surface area contributed by atoms with Gasteiger partial charge in [0.1, 0.15) is 5.75 Å². The molecule has 150 valence electrons. The molecule has 2 rings (SSSR count). The summed E-state index contributed by atoms with van der Waals surface area (Å²) in [6.45, 7) is 0.0973. The molecule has 0 fully saturated rings. The van der Waals surface area contributed by atoms with Crippen LogP contribution in [0.15, 0.2) is 42.5 Å². The van der Waals surface area contributed by atoms with Gasteiger partial charge in [-0.15, -0.1) is 6.42 Å². The molecule has 2 amide bonds. The lowest BCUT2D eigenvalue weighted by atomic mass is 10.1. The van der Waals surface area contributed by atoms with Gasteiger partial charge in [0, 0.05) is 17.7 Å². The summed E-state index contributed by atoms with van der Waals surface area (Å²) in [5.41, 5.74) is 1.31. The van der Waals surface area contributed by atoms with Gasteiger partial charge in [-0.3, -0.25) is 9.59 Å². The average Bonchev–Trinajstić information content (AvgIpc) is 2.75. The van der Waals surface area contributed by atoms with Gasteiger partial charge in [0.25, 0.3) is 5.91 Å². The molecule has 0 heterocycles. The van der Waals surface area contributed by atoms with Crippen molar-refractivity contribution in [3.8, 4) is 29.6 Å². The molecule has 0 spiro atoms. The fraction of sp³-hybridized carbons (Fsp3) is 0.182. The van der Waals surface area contributed by atoms with Crippen LogP contribution in [0.5, 0.6) is 17.2 Å². The number of hydrogen-bond acceptors (Lipinski definition) is 5. The van der Waals surface area contributed by atoms with Crippen molar-refractivity contribution in [3.05, 3.63) is 53.6 Å². The number of carbonyl (C=O) groups is 2. The van der Waals surface area contributed by atoms with Gasteiger partial charge in [0.15, 0.2) is 11.5 Å². The number of methoxy groups -OCH3 is 3. The second-order valence-corrected chi connectivity index (χ2v) is 5.70. The molecular weight excluding hydrogens is 372 g/mol. The minimum absolute atomic E-state index is 0.0973. The maximum absolute atomic E-state index is 12.4. The van der Waals surface area contributed by atoms with E-state index < -0.39 is 5.91 Å². The average molecular weight is 394 g/mol. The third-order valence-corrected chi connectivity index (χ3v) is 3.93. The molecule has 0 aromatic heterocycles. The Bertz CT molecular complexity index is 960. The summed E-state index contributed by atoms with van der Waals surface area (Å²) >= 11 is 0. The molecule has 29 heavy (non-hydrogen) atoms. The minimum atomic E-state index is -0.418. The van der Waals surface area contributed by atoms with E-state index in [0.717, 1.165) is 0 Å². The van der Waals surface area contributed by atoms with Crippen molar-refractivity contribution in [1.29, 1.82) is 0 Å². The highest BCUT2D eigenvalue weighted by molar-refractivity contribution is 6.07. The maximum atomic E-state index is 12.4. The van der Waals surface area contributed by atoms with Gasteiger partial charge in [0.2, 0.25) is 5.91 Å². The van der Waals surface area contributed by atoms with E-state index in [2.05, 4.69) is 16.6 Å². The zero-order chi connectivity index (χ0) is 21.2. The molecule has 0 radical (unpaired) electrons. The molecule has 0 aliphatic heterocycles. The number of nitrogens with one attached hydrogen (secondary N) is 2. The molecule has 0 unspecified atom stereocenters. The Morgan fingerprint density at radius 1 is 1.03 bits per heavy atom. The SMILES string of the molecule is C#CCNC(=O)c1ccccc1NC(=O)/C=C/c1cc(OC)c(OC)cc1OC. The molecule has 0 atom stereocenters. The fourth-order valence-electron chi connectivity index (χ4n) is 2.54. The van der Waals surface area contributed by atoms with E-state index in [1.807, 2.05) is 0 Å². The third kappa shape index (κ3) is 5.53. The van der Waals surface area contributed by atoms with Gasteiger partial charge < -0.3 is 24.8 Å². The van der Waals surface area contributed by atoms with Crippen molar-refractivity contribution >= 4 is 23.6 Å². The van der Waals surface area contributed by atoms with E-state index in [9.17, 15) is 9.59 Å². The van der Waals surface area contributed by atoms with E-state index >= 15 is 0 Å². The van der Waals surface area contributed by atoms with Gasteiger partial charge in [0.05, 0.1) is 39.1 Å². The minimum Gasteiger partial charge on any atom is -0.496 e. The summed E-state index contributed by atoms with van der Waals surface area (Å²) in [5, 5.41) is 5.26. The lowest BCUT2D eigenvalue weighted by Gasteiger charge is -2.12. The predicted molar refractivity (Wildman–Crippen MR) is 111 cm³/mol. The second kappa shape index (κ2) is 10.4. The van der Waals surface area contributed by atoms with Crippen LogP contribution in [0.4, 0.5) is 5.69 Å². The Kier molecular flexibility index (Phi) is 7.68. The van der Waals surface area contributed by atoms with E-state index in [-0.39, 0.29) is 12.5 Å². The van der Waals surface area contributed by atoms with Crippen LogP contribution in [-0.2, 0) is 4.79 Å². The summed E-state index contributed by atoms with van der Waals surface area (Å²) in [5.74, 6) is 3.08. The lowest BCUT2D eigenvalue weighted by Crippen LogP contribution is -2.25. The Balaban J connectivity index is 2.21. The molecular formula is C22H22N2O5. The maximum Gasteiger partial charge on any atom is 0.254 e. The number of terminal acetylenes is 1. The number of amides is 2. The second-order valence-electron chi connectivity index (χ2n) is 5.70. The summed E-state index contributed by atoms with van der Waals surface area (Å²) in [6.07, 6.45) is 8.07. The zero-order valence-corrected chi connectivity index (χ0v) is 16.4. The van der Waals surface area contributed by atoms with Gasteiger partial charge >= 0.3 is 0 Å². The Hall–Kier alpha value is -3.92. The van der Waals surface area contributed by atoms with Crippen molar-refractivity contribution in [2.45, 2.75) is 0 Å². The monoisotopic (exact) mass is 394 g/mol. The van der Waals surface area contributed by atoms with Gasteiger partial charge in [-0.2, -0.15) is 0 Å². The van der Waals surface area contributed by atoms with Crippen molar-refractivity contribution in [1.82, 2.24) is 5.32 Å². The normalized spacial score (nSPS) is 10.1.